The van der Waals surface area contributed by atoms with Gasteiger partial charge in [0.05, 0.1) is 11.8 Å². The smallest absolute Gasteiger partial charge is 0.335 e. The first kappa shape index (κ1) is 22.3. The number of amidine groups is 1. The number of nitrogens with zero attached hydrogens (tertiary/aromatic N) is 2. The van der Waals surface area contributed by atoms with Crippen molar-refractivity contribution in [3.8, 4) is 0 Å². The van der Waals surface area contributed by atoms with Crippen molar-refractivity contribution in [1.29, 1.82) is 0 Å². The zero-order chi connectivity index (χ0) is 23.0. The Hall–Kier alpha value is -2.91. The molecule has 0 saturated heterocycles. The molecule has 0 bridgehead atoms. The van der Waals surface area contributed by atoms with E-state index in [2.05, 4.69) is 15.3 Å². The summed E-state index contributed by atoms with van der Waals surface area (Å²) in [6, 6.07) is 3.10. The largest absolute Gasteiger partial charge is 0.478 e. The molecule has 2 aliphatic rings. The van der Waals surface area contributed by atoms with E-state index >= 15 is 0 Å². The first-order valence-corrected chi connectivity index (χ1v) is 10.5. The molecule has 1 saturated carbocycles. The van der Waals surface area contributed by atoms with Crippen molar-refractivity contribution >= 4 is 23.4 Å². The summed E-state index contributed by atoms with van der Waals surface area (Å²) < 4.78 is 41.6. The summed E-state index contributed by atoms with van der Waals surface area (Å²) in [6.07, 6.45) is 3.48. The first-order valence-electron chi connectivity index (χ1n) is 10.1. The van der Waals surface area contributed by atoms with Crippen LogP contribution >= 0.6 is 11.6 Å². The fourth-order valence-corrected chi connectivity index (χ4v) is 4.46. The van der Waals surface area contributed by atoms with E-state index in [-0.39, 0.29) is 39.6 Å². The van der Waals surface area contributed by atoms with Gasteiger partial charge in [-0.15, -0.1) is 0 Å². The number of nitrogens with two attached hydrogens (primary N) is 1. The molecule has 0 amide bonds. The number of pyridine rings is 1. The molecule has 10 heteroatoms. The summed E-state index contributed by atoms with van der Waals surface area (Å²) in [7, 11) is 0. The molecule has 1 aliphatic heterocycles. The Morgan fingerprint density at radius 2 is 1.84 bits per heavy atom. The number of nitrogens with one attached hydrogen (secondary N) is 1. The predicted octanol–water partition coefficient (Wildman–Crippen LogP) is 4.10. The van der Waals surface area contributed by atoms with Crippen LogP contribution in [0.3, 0.4) is 0 Å². The van der Waals surface area contributed by atoms with E-state index in [9.17, 15) is 23.1 Å². The minimum atomic E-state index is -1.23. The maximum Gasteiger partial charge on any atom is 0.335 e. The normalized spacial score (nSPS) is 23.5. The minimum absolute atomic E-state index is 0.0173. The molecule has 1 unspecified atom stereocenters. The number of rotatable bonds is 4. The van der Waals surface area contributed by atoms with E-state index in [1.807, 2.05) is 0 Å². The summed E-state index contributed by atoms with van der Waals surface area (Å²) in [4.78, 5) is 20.5. The van der Waals surface area contributed by atoms with E-state index in [1.165, 1.54) is 6.07 Å². The Bertz CT molecular complexity index is 1130. The molecule has 6 nitrogen and oxygen atoms in total. The summed E-state index contributed by atoms with van der Waals surface area (Å²) in [5, 5.41) is 13.0. The lowest BCUT2D eigenvalue weighted by molar-refractivity contribution is -0.133. The summed E-state index contributed by atoms with van der Waals surface area (Å²) in [5.74, 6) is -3.89. The highest BCUT2D eigenvalue weighted by atomic mass is 35.5. The van der Waals surface area contributed by atoms with Crippen LogP contribution in [0.25, 0.3) is 0 Å². The quantitative estimate of drug-likeness (QED) is 0.632. The maximum atomic E-state index is 14.5. The van der Waals surface area contributed by atoms with Crippen LogP contribution in [0.1, 0.15) is 43.0 Å². The number of aromatic nitrogens is 1. The molecular formula is C22H20ClF3N4O2. The number of carbonyl (C=O) groups is 1. The fraction of sp³-hybridized carbons (Fsp3) is 0.318. The zero-order valence-corrected chi connectivity index (χ0v) is 17.5. The highest BCUT2D eigenvalue weighted by Crippen LogP contribution is 2.40. The molecule has 1 aromatic carbocycles. The Balaban J connectivity index is 1.88. The van der Waals surface area contributed by atoms with Crippen LogP contribution in [-0.4, -0.2) is 27.9 Å². The molecule has 2 heterocycles. The third-order valence-corrected chi connectivity index (χ3v) is 6.10. The van der Waals surface area contributed by atoms with Crippen LogP contribution < -0.4 is 11.1 Å². The van der Waals surface area contributed by atoms with Gasteiger partial charge < -0.3 is 16.2 Å². The van der Waals surface area contributed by atoms with Crippen LogP contribution in [0.5, 0.6) is 0 Å². The van der Waals surface area contributed by atoms with Gasteiger partial charge in [0.1, 0.15) is 23.4 Å². The first-order chi connectivity index (χ1) is 15.2. The lowest BCUT2D eigenvalue weighted by Gasteiger charge is -2.34. The van der Waals surface area contributed by atoms with Gasteiger partial charge in [0.25, 0.3) is 0 Å². The molecule has 4 N–H and O–H groups in total. The van der Waals surface area contributed by atoms with Gasteiger partial charge in [0.15, 0.2) is 11.7 Å². The molecule has 1 atom stereocenters. The standard InChI is InChI=1S/C22H20ClF3N4O2/c23-15-7-11(24)3-6-14(15)19-17(22(31)32)18(10-1-4-13(27)5-2-10)29-21(30-19)20-16(26)8-12(25)9-28-20/h3,6-10,13,19H,1-2,4-5,27H2,(H,29,30)(H,31,32). The summed E-state index contributed by atoms with van der Waals surface area (Å²) in [6.45, 7) is 0. The molecule has 168 valence electrons. The van der Waals surface area contributed by atoms with Gasteiger partial charge in [0, 0.05) is 28.4 Å². The van der Waals surface area contributed by atoms with Crippen LogP contribution in [-0.2, 0) is 4.79 Å². The summed E-state index contributed by atoms with van der Waals surface area (Å²) in [5.41, 5.74) is 6.28. The lowest BCUT2D eigenvalue weighted by atomic mass is 9.80. The molecule has 1 fully saturated rings. The van der Waals surface area contributed by atoms with Gasteiger partial charge in [-0.05, 0) is 43.7 Å². The van der Waals surface area contributed by atoms with Crippen molar-refractivity contribution in [2.45, 2.75) is 37.8 Å². The summed E-state index contributed by atoms with van der Waals surface area (Å²) >= 11 is 6.23. The molecule has 0 radical (unpaired) electrons. The Labute approximate surface area is 187 Å². The number of halogens is 4. The number of carboxylic acids is 1. The van der Waals surface area contributed by atoms with Crippen molar-refractivity contribution in [1.82, 2.24) is 10.3 Å². The Kier molecular flexibility index (Phi) is 6.21. The molecule has 0 spiro atoms. The van der Waals surface area contributed by atoms with E-state index < -0.39 is 29.5 Å². The second-order valence-corrected chi connectivity index (χ2v) is 8.31. The van der Waals surface area contributed by atoms with Gasteiger partial charge >= 0.3 is 5.97 Å². The average Bonchev–Trinajstić information content (AvgIpc) is 2.73. The van der Waals surface area contributed by atoms with Gasteiger partial charge in [-0.2, -0.15) is 0 Å². The number of aliphatic carboxylic acids is 1. The second kappa shape index (κ2) is 8.91. The van der Waals surface area contributed by atoms with Gasteiger partial charge in [-0.25, -0.2) is 22.9 Å². The van der Waals surface area contributed by atoms with Gasteiger partial charge in [-0.3, -0.25) is 4.99 Å². The fourth-order valence-electron chi connectivity index (χ4n) is 4.19. The molecule has 2 aromatic rings. The van der Waals surface area contributed by atoms with Crippen LogP contribution in [0.15, 0.2) is 46.7 Å². The number of aliphatic imine (C=N–C) groups is 1. The number of hydrogen-bond donors (Lipinski definition) is 3. The SMILES string of the molecule is NC1CCC(C2=C(C(=O)O)C(c3ccc(F)cc3Cl)N=C(c3ncc(F)cc3F)N2)CC1. The monoisotopic (exact) mass is 464 g/mol. The van der Waals surface area contributed by atoms with Crippen LogP contribution in [0, 0.1) is 23.4 Å². The van der Waals surface area contributed by atoms with Crippen molar-refractivity contribution in [3.63, 3.8) is 0 Å². The minimum Gasteiger partial charge on any atom is -0.478 e. The maximum absolute atomic E-state index is 14.5. The third kappa shape index (κ3) is 4.35. The van der Waals surface area contributed by atoms with E-state index in [0.717, 1.165) is 18.3 Å². The van der Waals surface area contributed by atoms with Crippen molar-refractivity contribution in [2.75, 3.05) is 0 Å². The highest BCUT2D eigenvalue weighted by molar-refractivity contribution is 6.31. The van der Waals surface area contributed by atoms with Crippen LogP contribution in [0.4, 0.5) is 13.2 Å². The number of benzene rings is 1. The Morgan fingerprint density at radius 3 is 2.47 bits per heavy atom. The number of allylic oxidation sites excluding steroid dienone is 1. The molecule has 1 aromatic heterocycles. The van der Waals surface area contributed by atoms with Gasteiger partial charge in [-0.1, -0.05) is 17.7 Å². The van der Waals surface area contributed by atoms with E-state index in [0.29, 0.717) is 37.4 Å². The number of carboxylic acid groups (broad SMARTS) is 1. The van der Waals surface area contributed by atoms with Crippen molar-refractivity contribution in [2.24, 2.45) is 16.6 Å². The van der Waals surface area contributed by atoms with E-state index in [1.54, 1.807) is 0 Å². The highest BCUT2D eigenvalue weighted by Gasteiger charge is 2.37. The third-order valence-electron chi connectivity index (χ3n) is 5.77. The molecular weight excluding hydrogens is 445 g/mol. The topological polar surface area (TPSA) is 101 Å². The van der Waals surface area contributed by atoms with Gasteiger partial charge in [0.2, 0.25) is 0 Å². The van der Waals surface area contributed by atoms with Crippen molar-refractivity contribution < 1.29 is 23.1 Å². The van der Waals surface area contributed by atoms with E-state index in [4.69, 9.17) is 17.3 Å². The second-order valence-electron chi connectivity index (χ2n) is 7.90. The predicted molar refractivity (Wildman–Crippen MR) is 113 cm³/mol. The molecule has 1 aliphatic carbocycles. The zero-order valence-electron chi connectivity index (χ0n) is 16.8. The Morgan fingerprint density at radius 1 is 1.12 bits per heavy atom. The molecule has 32 heavy (non-hydrogen) atoms. The molecule has 4 rings (SSSR count). The number of hydrogen-bond acceptors (Lipinski definition) is 5. The lowest BCUT2D eigenvalue weighted by Crippen LogP contribution is -2.39. The van der Waals surface area contributed by atoms with Crippen molar-refractivity contribution in [3.05, 3.63) is 75.5 Å². The average molecular weight is 465 g/mol. The van der Waals surface area contributed by atoms with Crippen LogP contribution in [0.2, 0.25) is 5.02 Å².